The van der Waals surface area contributed by atoms with Gasteiger partial charge in [0.1, 0.15) is 0 Å². The Labute approximate surface area is 173 Å². The standard InChI is InChI=1S/C24H31N3O2/c1-19-8-10-22(11-9-19)24(29)27(18-20(2)21-6-4-3-5-7-21)15-12-23(28)26-16-13-25-14-17-26/h3-11,20,25H,12-18H2,1-2H3. The Morgan fingerprint density at radius 2 is 1.69 bits per heavy atom. The van der Waals surface area contributed by atoms with Crippen LogP contribution >= 0.6 is 0 Å². The van der Waals surface area contributed by atoms with Crippen molar-refractivity contribution in [3.63, 3.8) is 0 Å². The molecule has 0 aliphatic carbocycles. The predicted octanol–water partition coefficient (Wildman–Crippen LogP) is 3.06. The van der Waals surface area contributed by atoms with Gasteiger partial charge in [-0.25, -0.2) is 0 Å². The van der Waals surface area contributed by atoms with Crippen LogP contribution in [-0.2, 0) is 4.79 Å². The molecule has 1 N–H and O–H groups in total. The van der Waals surface area contributed by atoms with Crippen LogP contribution in [0.4, 0.5) is 0 Å². The highest BCUT2D eigenvalue weighted by atomic mass is 16.2. The van der Waals surface area contributed by atoms with Crippen LogP contribution in [0.5, 0.6) is 0 Å². The molecule has 0 bridgehead atoms. The number of piperazine rings is 1. The van der Waals surface area contributed by atoms with Gasteiger partial charge in [0.05, 0.1) is 0 Å². The number of hydrogen-bond donors (Lipinski definition) is 1. The predicted molar refractivity (Wildman–Crippen MR) is 116 cm³/mol. The summed E-state index contributed by atoms with van der Waals surface area (Å²) in [5.74, 6) is 0.307. The number of rotatable bonds is 7. The van der Waals surface area contributed by atoms with Crippen molar-refractivity contribution >= 4 is 11.8 Å². The lowest BCUT2D eigenvalue weighted by Gasteiger charge is -2.30. The summed E-state index contributed by atoms with van der Waals surface area (Å²) in [5, 5.41) is 3.26. The molecule has 154 valence electrons. The second kappa shape index (κ2) is 10.2. The van der Waals surface area contributed by atoms with Crippen LogP contribution in [-0.4, -0.2) is 60.9 Å². The molecule has 1 atom stereocenters. The number of carbonyl (C=O) groups is 2. The number of aryl methyl sites for hydroxylation is 1. The minimum atomic E-state index is -0.0131. The largest absolute Gasteiger partial charge is 0.340 e. The molecule has 1 aliphatic rings. The second-order valence-corrected chi connectivity index (χ2v) is 7.81. The fourth-order valence-corrected chi connectivity index (χ4v) is 3.67. The smallest absolute Gasteiger partial charge is 0.253 e. The molecule has 0 aromatic heterocycles. The lowest BCUT2D eigenvalue weighted by Crippen LogP contribution is -2.47. The Kier molecular flexibility index (Phi) is 7.42. The lowest BCUT2D eigenvalue weighted by atomic mass is 10.00. The van der Waals surface area contributed by atoms with Crippen molar-refractivity contribution in [2.45, 2.75) is 26.2 Å². The van der Waals surface area contributed by atoms with Crippen LogP contribution < -0.4 is 5.32 Å². The number of nitrogens with zero attached hydrogens (tertiary/aromatic N) is 2. The molecule has 3 rings (SSSR count). The maximum atomic E-state index is 13.2. The quantitative estimate of drug-likeness (QED) is 0.787. The maximum Gasteiger partial charge on any atom is 0.253 e. The highest BCUT2D eigenvalue weighted by molar-refractivity contribution is 5.94. The summed E-state index contributed by atoms with van der Waals surface area (Å²) in [4.78, 5) is 29.6. The van der Waals surface area contributed by atoms with Crippen LogP contribution in [0.25, 0.3) is 0 Å². The van der Waals surface area contributed by atoms with Gasteiger partial charge >= 0.3 is 0 Å². The summed E-state index contributed by atoms with van der Waals surface area (Å²) in [6.45, 7) is 8.32. The Hall–Kier alpha value is -2.66. The lowest BCUT2D eigenvalue weighted by molar-refractivity contribution is -0.131. The highest BCUT2D eigenvalue weighted by Gasteiger charge is 2.22. The summed E-state index contributed by atoms with van der Waals surface area (Å²) in [6.07, 6.45) is 0.360. The molecule has 1 unspecified atom stereocenters. The average Bonchev–Trinajstić information content (AvgIpc) is 2.77. The molecule has 0 spiro atoms. The Morgan fingerprint density at radius 1 is 1.03 bits per heavy atom. The van der Waals surface area contributed by atoms with Gasteiger partial charge in [0.25, 0.3) is 5.91 Å². The Balaban J connectivity index is 1.70. The van der Waals surface area contributed by atoms with Crippen molar-refractivity contribution in [1.29, 1.82) is 0 Å². The van der Waals surface area contributed by atoms with Gasteiger partial charge in [-0.15, -0.1) is 0 Å². The fraction of sp³-hybridized carbons (Fsp3) is 0.417. The first kappa shape index (κ1) is 21.1. The second-order valence-electron chi connectivity index (χ2n) is 7.81. The van der Waals surface area contributed by atoms with E-state index in [0.29, 0.717) is 25.1 Å². The van der Waals surface area contributed by atoms with Crippen LogP contribution in [0, 0.1) is 6.92 Å². The van der Waals surface area contributed by atoms with E-state index in [1.165, 1.54) is 5.56 Å². The van der Waals surface area contributed by atoms with Crippen molar-refractivity contribution in [2.24, 2.45) is 0 Å². The molecular weight excluding hydrogens is 362 g/mol. The number of nitrogens with one attached hydrogen (secondary N) is 1. The van der Waals surface area contributed by atoms with E-state index in [0.717, 1.165) is 31.7 Å². The van der Waals surface area contributed by atoms with E-state index in [1.54, 1.807) is 0 Å². The molecular formula is C24H31N3O2. The van der Waals surface area contributed by atoms with Gasteiger partial charge < -0.3 is 15.1 Å². The number of hydrogen-bond acceptors (Lipinski definition) is 3. The van der Waals surface area contributed by atoms with E-state index in [9.17, 15) is 9.59 Å². The molecule has 5 heteroatoms. The van der Waals surface area contributed by atoms with Gasteiger partial charge in [0.15, 0.2) is 0 Å². The monoisotopic (exact) mass is 393 g/mol. The molecule has 2 aromatic rings. The van der Waals surface area contributed by atoms with Gasteiger partial charge in [0.2, 0.25) is 5.91 Å². The zero-order valence-electron chi connectivity index (χ0n) is 17.4. The first-order valence-corrected chi connectivity index (χ1v) is 10.4. The van der Waals surface area contributed by atoms with Crippen molar-refractivity contribution in [2.75, 3.05) is 39.3 Å². The number of benzene rings is 2. The first-order chi connectivity index (χ1) is 14.0. The molecule has 2 amide bonds. The first-order valence-electron chi connectivity index (χ1n) is 10.4. The molecule has 0 radical (unpaired) electrons. The zero-order valence-corrected chi connectivity index (χ0v) is 17.4. The molecule has 29 heavy (non-hydrogen) atoms. The van der Waals surface area contributed by atoms with E-state index in [4.69, 9.17) is 0 Å². The molecule has 2 aromatic carbocycles. The topological polar surface area (TPSA) is 52.7 Å². The van der Waals surface area contributed by atoms with Crippen molar-refractivity contribution in [3.05, 3.63) is 71.3 Å². The van der Waals surface area contributed by atoms with Gasteiger partial charge in [-0.1, -0.05) is 55.0 Å². The maximum absolute atomic E-state index is 13.2. The number of carbonyl (C=O) groups excluding carboxylic acids is 2. The van der Waals surface area contributed by atoms with Gasteiger partial charge in [-0.05, 0) is 30.5 Å². The van der Waals surface area contributed by atoms with Gasteiger partial charge in [0, 0.05) is 51.3 Å². The summed E-state index contributed by atoms with van der Waals surface area (Å²) < 4.78 is 0. The minimum absolute atomic E-state index is 0.0131. The molecule has 0 saturated carbocycles. The molecule has 1 fully saturated rings. The van der Waals surface area contributed by atoms with Crippen molar-refractivity contribution in [1.82, 2.24) is 15.1 Å². The fourth-order valence-electron chi connectivity index (χ4n) is 3.67. The summed E-state index contributed by atoms with van der Waals surface area (Å²) in [7, 11) is 0. The van der Waals surface area contributed by atoms with E-state index < -0.39 is 0 Å². The van der Waals surface area contributed by atoms with Crippen molar-refractivity contribution in [3.8, 4) is 0 Å². The normalized spacial score (nSPS) is 15.0. The number of amides is 2. The molecule has 5 nitrogen and oxygen atoms in total. The van der Waals surface area contributed by atoms with E-state index in [2.05, 4.69) is 24.4 Å². The van der Waals surface area contributed by atoms with Gasteiger partial charge in [-0.3, -0.25) is 9.59 Å². The molecule has 1 heterocycles. The summed E-state index contributed by atoms with van der Waals surface area (Å²) in [5.41, 5.74) is 2.99. The Morgan fingerprint density at radius 3 is 2.34 bits per heavy atom. The molecule has 1 saturated heterocycles. The van der Waals surface area contributed by atoms with Crippen LogP contribution in [0.1, 0.15) is 40.7 Å². The third-order valence-corrected chi connectivity index (χ3v) is 5.51. The highest BCUT2D eigenvalue weighted by Crippen LogP contribution is 2.18. The van der Waals surface area contributed by atoms with Crippen LogP contribution in [0.2, 0.25) is 0 Å². The van der Waals surface area contributed by atoms with Gasteiger partial charge in [-0.2, -0.15) is 0 Å². The summed E-state index contributed by atoms with van der Waals surface area (Å²) in [6, 6.07) is 17.9. The SMILES string of the molecule is Cc1ccc(C(=O)N(CCC(=O)N2CCNCC2)CC(C)c2ccccc2)cc1. The van der Waals surface area contributed by atoms with Crippen molar-refractivity contribution < 1.29 is 9.59 Å². The molecule has 1 aliphatic heterocycles. The zero-order chi connectivity index (χ0) is 20.6. The third-order valence-electron chi connectivity index (χ3n) is 5.51. The average molecular weight is 394 g/mol. The van der Waals surface area contributed by atoms with E-state index in [-0.39, 0.29) is 17.7 Å². The summed E-state index contributed by atoms with van der Waals surface area (Å²) >= 11 is 0. The third kappa shape index (κ3) is 5.91. The Bertz CT molecular complexity index is 799. The van der Waals surface area contributed by atoms with Crippen LogP contribution in [0.15, 0.2) is 54.6 Å². The van der Waals surface area contributed by atoms with E-state index >= 15 is 0 Å². The minimum Gasteiger partial charge on any atom is -0.340 e. The van der Waals surface area contributed by atoms with E-state index in [1.807, 2.05) is 59.2 Å². The van der Waals surface area contributed by atoms with Crippen LogP contribution in [0.3, 0.4) is 0 Å².